The van der Waals surface area contributed by atoms with Crippen molar-refractivity contribution in [3.8, 4) is 0 Å². The minimum absolute atomic E-state index is 0.0363. The maximum absolute atomic E-state index is 11.7. The van der Waals surface area contributed by atoms with Crippen LogP contribution in [0.25, 0.3) is 0 Å². The van der Waals surface area contributed by atoms with Gasteiger partial charge in [0.15, 0.2) is 0 Å². The molecule has 0 aromatic carbocycles. The lowest BCUT2D eigenvalue weighted by Gasteiger charge is -2.08. The number of nitrogens with zero attached hydrogens (tertiary/aromatic N) is 1. The number of anilines is 1. The monoisotopic (exact) mass is 263 g/mol. The zero-order valence-electron chi connectivity index (χ0n) is 9.33. The molecule has 1 aromatic heterocycles. The second-order valence-electron chi connectivity index (χ2n) is 3.40. The van der Waals surface area contributed by atoms with E-state index in [-0.39, 0.29) is 18.8 Å². The summed E-state index contributed by atoms with van der Waals surface area (Å²) in [7, 11) is 0. The SMILES string of the molecule is Nc1ccnc(C(=O)NCCOCC(F)(F)F)c1. The first kappa shape index (κ1) is 14.2. The molecule has 0 aliphatic rings. The van der Waals surface area contributed by atoms with E-state index in [2.05, 4.69) is 15.0 Å². The van der Waals surface area contributed by atoms with Crippen molar-refractivity contribution in [2.24, 2.45) is 0 Å². The molecule has 0 fully saturated rings. The Morgan fingerprint density at radius 2 is 2.22 bits per heavy atom. The van der Waals surface area contributed by atoms with Gasteiger partial charge in [0.25, 0.3) is 5.91 Å². The summed E-state index contributed by atoms with van der Waals surface area (Å²) in [5.41, 5.74) is 5.93. The van der Waals surface area contributed by atoms with E-state index < -0.39 is 18.7 Å². The lowest BCUT2D eigenvalue weighted by atomic mass is 10.3. The van der Waals surface area contributed by atoms with Crippen LogP contribution in [0.3, 0.4) is 0 Å². The fourth-order valence-corrected chi connectivity index (χ4v) is 1.09. The van der Waals surface area contributed by atoms with E-state index >= 15 is 0 Å². The van der Waals surface area contributed by atoms with E-state index in [9.17, 15) is 18.0 Å². The molecule has 0 radical (unpaired) electrons. The van der Waals surface area contributed by atoms with Crippen LogP contribution < -0.4 is 11.1 Å². The molecule has 0 saturated carbocycles. The number of amides is 1. The highest BCUT2D eigenvalue weighted by molar-refractivity contribution is 5.92. The van der Waals surface area contributed by atoms with Crippen LogP contribution in [-0.2, 0) is 4.74 Å². The average molecular weight is 263 g/mol. The summed E-state index contributed by atoms with van der Waals surface area (Å²) in [6.45, 7) is -1.60. The first-order chi connectivity index (χ1) is 8.38. The zero-order valence-corrected chi connectivity index (χ0v) is 9.33. The highest BCUT2D eigenvalue weighted by Crippen LogP contribution is 2.13. The van der Waals surface area contributed by atoms with E-state index in [1.807, 2.05) is 0 Å². The van der Waals surface area contributed by atoms with Crippen LogP contribution >= 0.6 is 0 Å². The molecule has 0 aliphatic carbocycles. The molecule has 0 saturated heterocycles. The number of hydrogen-bond acceptors (Lipinski definition) is 4. The van der Waals surface area contributed by atoms with Crippen LogP contribution in [0.2, 0.25) is 0 Å². The molecule has 0 spiro atoms. The minimum atomic E-state index is -4.36. The van der Waals surface area contributed by atoms with E-state index in [4.69, 9.17) is 5.73 Å². The Morgan fingerprint density at radius 1 is 1.50 bits per heavy atom. The summed E-state index contributed by atoms with van der Waals surface area (Å²) < 4.78 is 39.5. The van der Waals surface area contributed by atoms with Crippen molar-refractivity contribution < 1.29 is 22.7 Å². The molecular formula is C10H12F3N3O2. The molecule has 1 rings (SSSR count). The molecule has 0 atom stereocenters. The van der Waals surface area contributed by atoms with Crippen molar-refractivity contribution >= 4 is 11.6 Å². The Kier molecular flexibility index (Phi) is 4.90. The second kappa shape index (κ2) is 6.20. The highest BCUT2D eigenvalue weighted by Gasteiger charge is 2.27. The van der Waals surface area contributed by atoms with Crippen molar-refractivity contribution in [2.75, 3.05) is 25.5 Å². The van der Waals surface area contributed by atoms with Crippen LogP contribution in [0.4, 0.5) is 18.9 Å². The Hall–Kier alpha value is -1.83. The van der Waals surface area contributed by atoms with Gasteiger partial charge in [0.1, 0.15) is 12.3 Å². The van der Waals surface area contributed by atoms with Gasteiger partial charge in [-0.2, -0.15) is 13.2 Å². The van der Waals surface area contributed by atoms with Gasteiger partial charge >= 0.3 is 6.18 Å². The smallest absolute Gasteiger partial charge is 0.399 e. The molecule has 1 heterocycles. The maximum atomic E-state index is 11.7. The third-order valence-electron chi connectivity index (χ3n) is 1.81. The number of nitrogen functional groups attached to an aromatic ring is 1. The van der Waals surface area contributed by atoms with Gasteiger partial charge in [-0.1, -0.05) is 0 Å². The molecule has 18 heavy (non-hydrogen) atoms. The Balaban J connectivity index is 2.26. The van der Waals surface area contributed by atoms with E-state index in [0.717, 1.165) is 0 Å². The van der Waals surface area contributed by atoms with Crippen molar-refractivity contribution in [3.05, 3.63) is 24.0 Å². The summed E-state index contributed by atoms with van der Waals surface area (Å²) in [6, 6.07) is 2.88. The maximum Gasteiger partial charge on any atom is 0.411 e. The van der Waals surface area contributed by atoms with Crippen LogP contribution in [-0.4, -0.2) is 36.8 Å². The van der Waals surface area contributed by atoms with Gasteiger partial charge in [-0.25, -0.2) is 0 Å². The van der Waals surface area contributed by atoms with E-state index in [0.29, 0.717) is 5.69 Å². The minimum Gasteiger partial charge on any atom is -0.399 e. The van der Waals surface area contributed by atoms with Crippen molar-refractivity contribution in [2.45, 2.75) is 6.18 Å². The molecule has 0 aliphatic heterocycles. The van der Waals surface area contributed by atoms with Gasteiger partial charge in [0.05, 0.1) is 6.61 Å². The molecule has 0 unspecified atom stereocenters. The Morgan fingerprint density at radius 3 is 2.83 bits per heavy atom. The van der Waals surface area contributed by atoms with Gasteiger partial charge in [-0.15, -0.1) is 0 Å². The summed E-state index contributed by atoms with van der Waals surface area (Å²) in [5.74, 6) is -0.516. The normalized spacial score (nSPS) is 11.3. The quantitative estimate of drug-likeness (QED) is 0.776. The van der Waals surface area contributed by atoms with Crippen LogP contribution in [0.15, 0.2) is 18.3 Å². The summed E-state index contributed by atoms with van der Waals surface area (Å²) >= 11 is 0. The fraction of sp³-hybridized carbons (Fsp3) is 0.400. The Bertz CT molecular complexity index is 410. The number of ether oxygens (including phenoxy) is 1. The van der Waals surface area contributed by atoms with Gasteiger partial charge in [0.2, 0.25) is 0 Å². The van der Waals surface area contributed by atoms with Gasteiger partial charge in [0, 0.05) is 18.4 Å². The lowest BCUT2D eigenvalue weighted by molar-refractivity contribution is -0.173. The number of carbonyl (C=O) groups is 1. The third-order valence-corrected chi connectivity index (χ3v) is 1.81. The molecule has 3 N–H and O–H groups in total. The van der Waals surface area contributed by atoms with E-state index in [1.165, 1.54) is 18.3 Å². The molecular weight excluding hydrogens is 251 g/mol. The molecule has 1 amide bonds. The standard InChI is InChI=1S/C10H12F3N3O2/c11-10(12,13)6-18-4-3-16-9(17)8-5-7(14)1-2-15-8/h1-2,5H,3-4,6H2,(H2,14,15)(H,16,17). The van der Waals surface area contributed by atoms with Crippen molar-refractivity contribution in [1.82, 2.24) is 10.3 Å². The number of hydrogen-bond donors (Lipinski definition) is 2. The molecule has 0 bridgehead atoms. The fourth-order valence-electron chi connectivity index (χ4n) is 1.09. The van der Waals surface area contributed by atoms with Crippen LogP contribution in [0.1, 0.15) is 10.5 Å². The van der Waals surface area contributed by atoms with Crippen LogP contribution in [0, 0.1) is 0 Å². The average Bonchev–Trinajstić information content (AvgIpc) is 2.26. The predicted molar refractivity (Wildman–Crippen MR) is 57.9 cm³/mol. The van der Waals surface area contributed by atoms with Crippen molar-refractivity contribution in [3.63, 3.8) is 0 Å². The number of carbonyl (C=O) groups excluding carboxylic acids is 1. The number of rotatable bonds is 5. The topological polar surface area (TPSA) is 77.2 Å². The predicted octanol–water partition coefficient (Wildman–Crippen LogP) is 0.973. The van der Waals surface area contributed by atoms with Gasteiger partial charge in [-0.05, 0) is 12.1 Å². The van der Waals surface area contributed by atoms with Gasteiger partial charge in [-0.3, -0.25) is 9.78 Å². The molecule has 8 heteroatoms. The number of halogens is 3. The first-order valence-electron chi connectivity index (χ1n) is 5.03. The van der Waals surface area contributed by atoms with Crippen LogP contribution in [0.5, 0.6) is 0 Å². The molecule has 5 nitrogen and oxygen atoms in total. The largest absolute Gasteiger partial charge is 0.411 e. The number of nitrogens with one attached hydrogen (secondary N) is 1. The summed E-state index contributed by atoms with van der Waals surface area (Å²) in [4.78, 5) is 15.2. The highest BCUT2D eigenvalue weighted by atomic mass is 19.4. The van der Waals surface area contributed by atoms with Crippen molar-refractivity contribution in [1.29, 1.82) is 0 Å². The first-order valence-corrected chi connectivity index (χ1v) is 5.03. The van der Waals surface area contributed by atoms with E-state index in [1.54, 1.807) is 0 Å². The number of nitrogens with two attached hydrogens (primary N) is 1. The zero-order chi connectivity index (χ0) is 13.6. The lowest BCUT2D eigenvalue weighted by Crippen LogP contribution is -2.29. The molecule has 100 valence electrons. The number of aromatic nitrogens is 1. The molecule has 1 aromatic rings. The second-order valence-corrected chi connectivity index (χ2v) is 3.40. The third kappa shape index (κ3) is 5.48. The van der Waals surface area contributed by atoms with Gasteiger partial charge < -0.3 is 15.8 Å². The summed E-state index contributed by atoms with van der Waals surface area (Å²) in [5, 5.41) is 2.36. The summed E-state index contributed by atoms with van der Waals surface area (Å²) in [6.07, 6.45) is -3.00. The number of pyridine rings is 1. The number of alkyl halides is 3. The Labute approximate surface area is 101 Å².